The summed E-state index contributed by atoms with van der Waals surface area (Å²) in [4.78, 5) is 0. The van der Waals surface area contributed by atoms with E-state index in [0.717, 1.165) is 53.3 Å². The topological polar surface area (TPSA) is 0 Å². The van der Waals surface area contributed by atoms with E-state index >= 15 is 0 Å². The molecule has 2 fully saturated rings. The third kappa shape index (κ3) is 8.79. The summed E-state index contributed by atoms with van der Waals surface area (Å²) in [6, 6.07) is 0. The van der Waals surface area contributed by atoms with Gasteiger partial charge in [0.2, 0.25) is 0 Å². The average molecular weight is 395 g/mol. The molecule has 0 nitrogen and oxygen atoms in total. The Labute approximate surface area is 181 Å². The number of fused-ring (bicyclic) bond motifs is 1. The van der Waals surface area contributed by atoms with E-state index in [1.807, 2.05) is 0 Å². The maximum atomic E-state index is 2.55. The van der Waals surface area contributed by atoms with Crippen LogP contribution in [0.25, 0.3) is 0 Å². The summed E-state index contributed by atoms with van der Waals surface area (Å²) < 4.78 is 0. The van der Waals surface area contributed by atoms with Crippen molar-refractivity contribution in [3.05, 3.63) is 0 Å². The number of rotatable bonds is 6. The molecule has 8 unspecified atom stereocenters. The molecule has 28 heavy (non-hydrogen) atoms. The molecule has 0 aromatic rings. The Kier molecular flexibility index (Phi) is 14.9. The van der Waals surface area contributed by atoms with Gasteiger partial charge in [0.05, 0.1) is 0 Å². The van der Waals surface area contributed by atoms with E-state index in [-0.39, 0.29) is 0 Å². The molecule has 0 bridgehead atoms. The van der Waals surface area contributed by atoms with Crippen LogP contribution in [-0.2, 0) is 0 Å². The molecule has 2 aliphatic rings. The molecule has 170 valence electrons. The van der Waals surface area contributed by atoms with E-state index in [1.54, 1.807) is 6.42 Å². The van der Waals surface area contributed by atoms with Gasteiger partial charge < -0.3 is 0 Å². The van der Waals surface area contributed by atoms with Crippen molar-refractivity contribution in [2.24, 2.45) is 53.3 Å². The van der Waals surface area contributed by atoms with Gasteiger partial charge in [0.1, 0.15) is 0 Å². The van der Waals surface area contributed by atoms with Crippen LogP contribution in [0.4, 0.5) is 0 Å². The van der Waals surface area contributed by atoms with E-state index in [1.165, 1.54) is 44.9 Å². The van der Waals surface area contributed by atoms with Crippen molar-refractivity contribution in [1.29, 1.82) is 0 Å². The van der Waals surface area contributed by atoms with Crippen molar-refractivity contribution in [2.75, 3.05) is 0 Å². The molecule has 0 aromatic heterocycles. The third-order valence-electron chi connectivity index (χ3n) is 7.61. The van der Waals surface area contributed by atoms with Crippen LogP contribution in [0.15, 0.2) is 0 Å². The minimum Gasteiger partial charge on any atom is -0.0656 e. The van der Waals surface area contributed by atoms with Gasteiger partial charge in [-0.05, 0) is 78.9 Å². The molecule has 0 spiro atoms. The first-order chi connectivity index (χ1) is 13.2. The Morgan fingerprint density at radius 1 is 0.714 bits per heavy atom. The normalized spacial score (nSPS) is 33.9. The van der Waals surface area contributed by atoms with E-state index in [0.29, 0.717) is 0 Å². The summed E-state index contributed by atoms with van der Waals surface area (Å²) in [5.74, 6) is 8.75. The molecular formula is C28H58. The largest absolute Gasteiger partial charge is 0.0656 e. The van der Waals surface area contributed by atoms with E-state index < -0.39 is 0 Å². The van der Waals surface area contributed by atoms with Crippen molar-refractivity contribution in [2.45, 2.75) is 128 Å². The minimum absolute atomic E-state index is 0.881. The van der Waals surface area contributed by atoms with Crippen molar-refractivity contribution in [1.82, 2.24) is 0 Å². The standard InChI is InChI=1S/C22H42.2C3H8/c1-8-9-15(4)16(5)11-19-12-20(14(2)3)22-18(7)10-17(6)21(22)13-19;2*1-3-2/h14-22H,8-13H2,1-7H3;2*3H2,1-2H3. The summed E-state index contributed by atoms with van der Waals surface area (Å²) in [6.45, 7) is 25.9. The maximum absolute atomic E-state index is 2.55. The molecule has 2 aliphatic carbocycles. The smallest absolute Gasteiger partial charge is 0.0326 e. The molecule has 0 amide bonds. The van der Waals surface area contributed by atoms with Crippen molar-refractivity contribution < 1.29 is 0 Å². The zero-order valence-electron chi connectivity index (χ0n) is 21.9. The monoisotopic (exact) mass is 394 g/mol. The fourth-order valence-corrected chi connectivity index (χ4v) is 6.28. The SMILES string of the molecule is CCC.CCC.CCCC(C)C(C)CC1CC(C(C)C)C2C(C)CC(C)C2C1. The van der Waals surface area contributed by atoms with Gasteiger partial charge in [-0.1, -0.05) is 102 Å². The van der Waals surface area contributed by atoms with Crippen molar-refractivity contribution in [3.8, 4) is 0 Å². The van der Waals surface area contributed by atoms with Crippen LogP contribution in [0.5, 0.6) is 0 Å². The van der Waals surface area contributed by atoms with Gasteiger partial charge in [0.25, 0.3) is 0 Å². The molecular weight excluding hydrogens is 336 g/mol. The highest BCUT2D eigenvalue weighted by atomic mass is 14.5. The second-order valence-electron chi connectivity index (χ2n) is 11.1. The van der Waals surface area contributed by atoms with Crippen LogP contribution in [0.2, 0.25) is 0 Å². The molecule has 0 heterocycles. The van der Waals surface area contributed by atoms with Gasteiger partial charge >= 0.3 is 0 Å². The zero-order valence-corrected chi connectivity index (χ0v) is 21.9. The molecule has 0 N–H and O–H groups in total. The Morgan fingerprint density at radius 3 is 1.71 bits per heavy atom. The average Bonchev–Trinajstić information content (AvgIpc) is 2.90. The fourth-order valence-electron chi connectivity index (χ4n) is 6.28. The lowest BCUT2D eigenvalue weighted by atomic mass is 9.61. The fraction of sp³-hybridized carbons (Fsp3) is 1.00. The van der Waals surface area contributed by atoms with Gasteiger partial charge in [-0.3, -0.25) is 0 Å². The highest BCUT2D eigenvalue weighted by molar-refractivity contribution is 4.97. The van der Waals surface area contributed by atoms with E-state index in [2.05, 4.69) is 76.2 Å². The number of hydrogen-bond acceptors (Lipinski definition) is 0. The van der Waals surface area contributed by atoms with Gasteiger partial charge in [-0.25, -0.2) is 0 Å². The van der Waals surface area contributed by atoms with Crippen LogP contribution in [0.1, 0.15) is 128 Å². The van der Waals surface area contributed by atoms with Crippen LogP contribution in [0, 0.1) is 53.3 Å². The molecule has 0 aromatic carbocycles. The van der Waals surface area contributed by atoms with E-state index in [9.17, 15) is 0 Å². The molecule has 0 saturated heterocycles. The van der Waals surface area contributed by atoms with Crippen LogP contribution < -0.4 is 0 Å². The first-order valence-electron chi connectivity index (χ1n) is 13.2. The predicted molar refractivity (Wildman–Crippen MR) is 131 cm³/mol. The van der Waals surface area contributed by atoms with Crippen molar-refractivity contribution in [3.63, 3.8) is 0 Å². The van der Waals surface area contributed by atoms with Crippen LogP contribution in [0.3, 0.4) is 0 Å². The summed E-state index contributed by atoms with van der Waals surface area (Å²) in [5.41, 5.74) is 0. The minimum atomic E-state index is 0.881. The Balaban J connectivity index is 0.00000108. The Bertz CT molecular complexity index is 355. The second-order valence-corrected chi connectivity index (χ2v) is 11.1. The molecule has 2 saturated carbocycles. The summed E-state index contributed by atoms with van der Waals surface area (Å²) in [6.07, 6.45) is 11.3. The van der Waals surface area contributed by atoms with Crippen LogP contribution >= 0.6 is 0 Å². The van der Waals surface area contributed by atoms with Gasteiger partial charge in [0.15, 0.2) is 0 Å². The van der Waals surface area contributed by atoms with E-state index in [4.69, 9.17) is 0 Å². The molecule has 0 radical (unpaired) electrons. The first-order valence-corrected chi connectivity index (χ1v) is 13.2. The Morgan fingerprint density at radius 2 is 1.25 bits per heavy atom. The zero-order chi connectivity index (χ0) is 21.9. The quantitative estimate of drug-likeness (QED) is 0.420. The summed E-state index contributed by atoms with van der Waals surface area (Å²) >= 11 is 0. The lowest BCUT2D eigenvalue weighted by Gasteiger charge is -2.44. The number of hydrogen-bond donors (Lipinski definition) is 0. The maximum Gasteiger partial charge on any atom is -0.0326 e. The lowest BCUT2D eigenvalue weighted by Crippen LogP contribution is -2.37. The third-order valence-corrected chi connectivity index (χ3v) is 7.61. The van der Waals surface area contributed by atoms with Crippen LogP contribution in [-0.4, -0.2) is 0 Å². The Hall–Kier alpha value is 0. The molecule has 0 heteroatoms. The highest BCUT2D eigenvalue weighted by Gasteiger charge is 2.48. The van der Waals surface area contributed by atoms with Gasteiger partial charge in [0, 0.05) is 0 Å². The highest BCUT2D eigenvalue weighted by Crippen LogP contribution is 2.55. The molecule has 2 rings (SSSR count). The lowest BCUT2D eigenvalue weighted by molar-refractivity contribution is 0.0488. The summed E-state index contributed by atoms with van der Waals surface area (Å²) in [5, 5.41) is 0. The first kappa shape index (κ1) is 28.0. The van der Waals surface area contributed by atoms with Gasteiger partial charge in [-0.15, -0.1) is 0 Å². The molecule has 8 atom stereocenters. The van der Waals surface area contributed by atoms with Crippen molar-refractivity contribution >= 4 is 0 Å². The van der Waals surface area contributed by atoms with Gasteiger partial charge in [-0.2, -0.15) is 0 Å². The predicted octanol–water partition coefficient (Wildman–Crippen LogP) is 9.87. The second kappa shape index (κ2) is 14.9. The molecule has 0 aliphatic heterocycles. The summed E-state index contributed by atoms with van der Waals surface area (Å²) in [7, 11) is 0.